The summed E-state index contributed by atoms with van der Waals surface area (Å²) in [4.78, 5) is 39.0. The molecule has 1 aromatic carbocycles. The van der Waals surface area contributed by atoms with E-state index in [0.717, 1.165) is 12.1 Å². The second-order valence-electron chi connectivity index (χ2n) is 8.69. The molecular weight excluding hydrogens is 479 g/mol. The highest BCUT2D eigenvalue weighted by molar-refractivity contribution is 6.43. The fraction of sp³-hybridized carbons (Fsp3) is 0.304. The van der Waals surface area contributed by atoms with Crippen LogP contribution in [0.1, 0.15) is 56.2 Å². The summed E-state index contributed by atoms with van der Waals surface area (Å²) in [6.07, 6.45) is -0.211. The molecule has 0 unspecified atom stereocenters. The summed E-state index contributed by atoms with van der Waals surface area (Å²) >= 11 is 0. The molecule has 36 heavy (non-hydrogen) atoms. The van der Waals surface area contributed by atoms with Gasteiger partial charge in [-0.05, 0) is 37.6 Å². The summed E-state index contributed by atoms with van der Waals surface area (Å²) < 4.78 is 42.5. The van der Waals surface area contributed by atoms with Gasteiger partial charge in [-0.2, -0.15) is 5.26 Å². The summed E-state index contributed by atoms with van der Waals surface area (Å²) in [6.45, 7) is 3.00. The van der Waals surface area contributed by atoms with Gasteiger partial charge in [-0.3, -0.25) is 19.5 Å². The molecule has 13 heteroatoms. The minimum atomic E-state index is -3.04. The van der Waals surface area contributed by atoms with Crippen molar-refractivity contribution >= 4 is 23.3 Å². The highest BCUT2D eigenvalue weighted by atomic mass is 19.3. The van der Waals surface area contributed by atoms with Crippen LogP contribution < -0.4 is 10.6 Å². The van der Waals surface area contributed by atoms with E-state index in [0.29, 0.717) is 5.69 Å². The predicted molar refractivity (Wildman–Crippen MR) is 119 cm³/mol. The van der Waals surface area contributed by atoms with Gasteiger partial charge in [-0.25, -0.2) is 13.2 Å². The van der Waals surface area contributed by atoms with Crippen molar-refractivity contribution in [2.24, 2.45) is 7.05 Å². The minimum Gasteiger partial charge on any atom is -0.343 e. The third kappa shape index (κ3) is 4.10. The number of nitrogens with zero attached hydrogens (tertiary/aromatic N) is 4. The predicted octanol–water partition coefficient (Wildman–Crippen LogP) is 2.65. The molecule has 10 nitrogen and oxygen atoms in total. The van der Waals surface area contributed by atoms with E-state index in [1.165, 1.54) is 37.7 Å². The van der Waals surface area contributed by atoms with E-state index in [2.05, 4.69) is 26.0 Å². The maximum atomic E-state index is 13.7. The molecule has 2 amide bonds. The summed E-state index contributed by atoms with van der Waals surface area (Å²) in [7, 11) is 1.51. The van der Waals surface area contributed by atoms with E-state index in [4.69, 9.17) is 5.26 Å². The molecule has 1 fully saturated rings. The quantitative estimate of drug-likeness (QED) is 0.351. The number of hydrogen-bond acceptors (Lipinski definition) is 6. The second kappa shape index (κ2) is 8.63. The lowest BCUT2D eigenvalue weighted by Crippen LogP contribution is -2.61. The summed E-state index contributed by atoms with van der Waals surface area (Å²) in [5.41, 5.74) is -1.11. The number of ketones is 1. The number of rotatable bonds is 6. The third-order valence-electron chi connectivity index (χ3n) is 6.30. The van der Waals surface area contributed by atoms with Crippen molar-refractivity contribution in [2.75, 3.05) is 5.32 Å². The van der Waals surface area contributed by atoms with Crippen LogP contribution in [0.2, 0.25) is 0 Å². The van der Waals surface area contributed by atoms with Crippen LogP contribution in [0.4, 0.5) is 18.9 Å². The van der Waals surface area contributed by atoms with Gasteiger partial charge >= 0.3 is 0 Å². The molecule has 3 aromatic rings. The summed E-state index contributed by atoms with van der Waals surface area (Å²) in [5.74, 6) is -6.58. The van der Waals surface area contributed by atoms with Gasteiger partial charge in [0.2, 0.25) is 0 Å². The van der Waals surface area contributed by atoms with Crippen molar-refractivity contribution in [1.82, 2.24) is 25.3 Å². The van der Waals surface area contributed by atoms with Crippen LogP contribution in [-0.4, -0.2) is 43.5 Å². The van der Waals surface area contributed by atoms with Gasteiger partial charge in [0.25, 0.3) is 23.5 Å². The Labute approximate surface area is 202 Å². The molecular formula is C23H20F3N7O3. The number of benzene rings is 1. The molecule has 2 aromatic heterocycles. The Kier molecular flexibility index (Phi) is 5.91. The lowest BCUT2D eigenvalue weighted by molar-refractivity contribution is -0.148. The number of amides is 2. The number of aromatic amines is 1. The van der Waals surface area contributed by atoms with Crippen molar-refractivity contribution < 1.29 is 27.6 Å². The number of alkyl halides is 2. The molecule has 0 radical (unpaired) electrons. The van der Waals surface area contributed by atoms with Crippen LogP contribution in [0, 0.1) is 31.0 Å². The van der Waals surface area contributed by atoms with Gasteiger partial charge in [-0.1, -0.05) is 5.21 Å². The molecule has 1 aliphatic carbocycles. The van der Waals surface area contributed by atoms with E-state index < -0.39 is 47.7 Å². The highest BCUT2D eigenvalue weighted by Gasteiger charge is 2.60. The van der Waals surface area contributed by atoms with Gasteiger partial charge in [0.15, 0.2) is 0 Å². The zero-order valence-electron chi connectivity index (χ0n) is 19.4. The number of H-pyrrole nitrogens is 1. The van der Waals surface area contributed by atoms with Crippen LogP contribution in [0.3, 0.4) is 0 Å². The second-order valence-corrected chi connectivity index (χ2v) is 8.69. The zero-order valence-corrected chi connectivity index (χ0v) is 19.4. The maximum Gasteiger partial charge on any atom is 0.293 e. The zero-order chi connectivity index (χ0) is 26.4. The van der Waals surface area contributed by atoms with Crippen LogP contribution in [0.25, 0.3) is 0 Å². The molecule has 2 heterocycles. The number of anilines is 1. The lowest BCUT2D eigenvalue weighted by Gasteiger charge is -2.46. The smallest absolute Gasteiger partial charge is 0.293 e. The Morgan fingerprint density at radius 1 is 1.22 bits per heavy atom. The molecule has 0 saturated heterocycles. The molecule has 0 aliphatic heterocycles. The first-order chi connectivity index (χ1) is 16.9. The number of halogens is 3. The number of nitriles is 1. The maximum absolute atomic E-state index is 13.7. The average Bonchev–Trinajstić information content (AvgIpc) is 3.41. The van der Waals surface area contributed by atoms with Gasteiger partial charge < -0.3 is 15.2 Å². The summed E-state index contributed by atoms with van der Waals surface area (Å²) in [5, 5.41) is 23.6. The van der Waals surface area contributed by atoms with Gasteiger partial charge in [0.05, 0.1) is 16.7 Å². The topological polar surface area (TPSA) is 146 Å². The number of aromatic nitrogens is 4. The number of hydrogen-bond donors (Lipinski definition) is 3. The van der Waals surface area contributed by atoms with E-state index in [9.17, 15) is 27.6 Å². The molecule has 3 N–H and O–H groups in total. The highest BCUT2D eigenvalue weighted by Crippen LogP contribution is 2.51. The molecule has 1 aliphatic rings. The number of carbonyl (C=O) groups is 3. The lowest BCUT2D eigenvalue weighted by atomic mass is 9.71. The van der Waals surface area contributed by atoms with Gasteiger partial charge in [-0.15, -0.1) is 5.10 Å². The first kappa shape index (κ1) is 24.6. The van der Waals surface area contributed by atoms with Crippen molar-refractivity contribution in [2.45, 2.75) is 38.2 Å². The first-order valence-corrected chi connectivity index (χ1v) is 10.7. The fourth-order valence-electron chi connectivity index (χ4n) is 4.50. The number of nitrogens with one attached hydrogen (secondary N) is 3. The molecule has 1 saturated carbocycles. The Bertz CT molecular complexity index is 1430. The molecule has 0 bridgehead atoms. The van der Waals surface area contributed by atoms with Crippen molar-refractivity contribution in [3.8, 4) is 6.07 Å². The Morgan fingerprint density at radius 2 is 1.92 bits per heavy atom. The SMILES string of the molecule is Cc1c(C(=O)C(=O)NC2(c3c[nH]nn3)CC(F)(F)C2)c(C)n(C)c1C(=O)Nc1ccc(F)c(C#N)c1. The van der Waals surface area contributed by atoms with Gasteiger partial charge in [0.1, 0.15) is 23.3 Å². The molecule has 0 spiro atoms. The van der Waals surface area contributed by atoms with Crippen molar-refractivity contribution in [3.05, 3.63) is 64.0 Å². The van der Waals surface area contributed by atoms with Crippen molar-refractivity contribution in [1.29, 1.82) is 5.26 Å². The van der Waals surface area contributed by atoms with Crippen LogP contribution in [-0.2, 0) is 17.4 Å². The Balaban J connectivity index is 1.60. The largest absolute Gasteiger partial charge is 0.343 e. The van der Waals surface area contributed by atoms with E-state index >= 15 is 0 Å². The van der Waals surface area contributed by atoms with Crippen LogP contribution in [0.5, 0.6) is 0 Å². The van der Waals surface area contributed by atoms with Crippen LogP contribution >= 0.6 is 0 Å². The third-order valence-corrected chi connectivity index (χ3v) is 6.30. The average molecular weight is 499 g/mol. The first-order valence-electron chi connectivity index (χ1n) is 10.7. The monoisotopic (exact) mass is 499 g/mol. The van der Waals surface area contributed by atoms with E-state index in [1.54, 1.807) is 6.07 Å². The van der Waals surface area contributed by atoms with E-state index in [-0.39, 0.29) is 33.8 Å². The number of carbonyl (C=O) groups excluding carboxylic acids is 3. The van der Waals surface area contributed by atoms with E-state index in [1.807, 2.05) is 0 Å². The van der Waals surface area contributed by atoms with Crippen molar-refractivity contribution in [3.63, 3.8) is 0 Å². The normalized spacial score (nSPS) is 15.5. The Morgan fingerprint density at radius 3 is 2.50 bits per heavy atom. The minimum absolute atomic E-state index is 0.0490. The Hall–Kier alpha value is -4.47. The fourth-order valence-corrected chi connectivity index (χ4v) is 4.50. The molecule has 4 rings (SSSR count). The molecule has 186 valence electrons. The standard InChI is InChI=1S/C23H20F3N7O3/c1-11-17(19(34)21(36)30-22(9-23(25,26)10-22)16-8-28-32-31-16)12(2)33(3)18(11)20(35)29-14-4-5-15(24)13(6-14)7-27/h4-6,8H,9-10H2,1-3H3,(H,29,35)(H,30,36)(H,28,31,32). The summed E-state index contributed by atoms with van der Waals surface area (Å²) in [6, 6.07) is 5.15. The molecule has 0 atom stereocenters. The number of Topliss-reactive ketones (excluding diaryl/α,β-unsaturated/α-hetero) is 1. The van der Waals surface area contributed by atoms with Crippen LogP contribution in [0.15, 0.2) is 24.4 Å². The van der Waals surface area contributed by atoms with Gasteiger partial charge in [0, 0.05) is 37.5 Å².